The number of nitrogens with zero attached hydrogens (tertiary/aromatic N) is 4. The predicted molar refractivity (Wildman–Crippen MR) is 203 cm³/mol. The van der Waals surface area contributed by atoms with E-state index in [-0.39, 0.29) is 35.4 Å². The summed E-state index contributed by atoms with van der Waals surface area (Å²) in [4.78, 5) is 54.9. The summed E-state index contributed by atoms with van der Waals surface area (Å²) in [6.07, 6.45) is 10.1. The third-order valence-electron chi connectivity index (χ3n) is 9.42. The van der Waals surface area contributed by atoms with Crippen molar-refractivity contribution in [1.29, 1.82) is 0 Å². The van der Waals surface area contributed by atoms with Gasteiger partial charge >= 0.3 is 0 Å². The number of aryl methyl sites for hydroxylation is 2. The second kappa shape index (κ2) is 19.0. The molecule has 274 valence electrons. The van der Waals surface area contributed by atoms with Crippen molar-refractivity contribution >= 4 is 17.6 Å². The number of amides is 2. The molecule has 2 aromatic heterocycles. The predicted octanol–water partition coefficient (Wildman–Crippen LogP) is 6.42. The second-order valence-electron chi connectivity index (χ2n) is 12.8. The molecule has 1 atom stereocenters. The Kier molecular flexibility index (Phi) is 13.7. The van der Waals surface area contributed by atoms with Crippen molar-refractivity contribution in [3.05, 3.63) is 150 Å². The largest absolute Gasteiger partial charge is 0.493 e. The first kappa shape index (κ1) is 38.2. The van der Waals surface area contributed by atoms with Crippen LogP contribution in [0.5, 0.6) is 17.2 Å². The molecule has 0 aliphatic carbocycles. The minimum Gasteiger partial charge on any atom is -0.493 e. The summed E-state index contributed by atoms with van der Waals surface area (Å²) in [5, 5.41) is 0. The third-order valence-corrected chi connectivity index (χ3v) is 9.42. The number of carbonyl (C=O) groups is 3. The Morgan fingerprint density at radius 3 is 1.60 bits per heavy atom. The zero-order valence-electron chi connectivity index (χ0n) is 30.7. The summed E-state index contributed by atoms with van der Waals surface area (Å²) in [7, 11) is 5.86. The van der Waals surface area contributed by atoms with Gasteiger partial charge in [0.25, 0.3) is 11.7 Å². The molecule has 3 aromatic carbocycles. The molecule has 0 aliphatic heterocycles. The summed E-state index contributed by atoms with van der Waals surface area (Å²) in [6, 6.07) is 29.0. The smallest absolute Gasteiger partial charge is 0.295 e. The number of methoxy groups -OCH3 is 3. The van der Waals surface area contributed by atoms with Gasteiger partial charge in [-0.2, -0.15) is 0 Å². The van der Waals surface area contributed by atoms with E-state index in [1.807, 2.05) is 89.8 Å². The van der Waals surface area contributed by atoms with Crippen LogP contribution < -0.4 is 14.2 Å². The number of rotatable bonds is 18. The van der Waals surface area contributed by atoms with Gasteiger partial charge in [-0.05, 0) is 84.3 Å². The zero-order chi connectivity index (χ0) is 37.6. The standard InChI is InChI=1S/C43H46N4O6/c1-46(43(50)40(48)35-28-38(51-2)41(53-4)39(29-35)52-3)37(27-33-11-7-5-8-12-33)42(49)47(30-34-13-9-6-10-14-34)36(17-15-31-19-23-44-24-20-31)18-16-32-21-25-45-26-22-32/h5-14,19-26,28-29,36-37H,15-18,27,30H2,1-4H3/t37-/m0/s1. The molecule has 0 aliphatic rings. The second-order valence-corrected chi connectivity index (χ2v) is 12.8. The number of likely N-dealkylation sites (N-methyl/N-ethyl adjacent to an activating group) is 1. The lowest BCUT2D eigenvalue weighted by Gasteiger charge is -2.38. The van der Waals surface area contributed by atoms with Crippen molar-refractivity contribution < 1.29 is 28.6 Å². The number of aromatic nitrogens is 2. The molecule has 0 radical (unpaired) electrons. The molecule has 5 aromatic rings. The molecule has 10 heteroatoms. The first-order valence-electron chi connectivity index (χ1n) is 17.6. The summed E-state index contributed by atoms with van der Waals surface area (Å²) < 4.78 is 16.3. The molecule has 2 heterocycles. The molecule has 53 heavy (non-hydrogen) atoms. The Bertz CT molecular complexity index is 1860. The van der Waals surface area contributed by atoms with E-state index in [0.29, 0.717) is 25.1 Å². The lowest BCUT2D eigenvalue weighted by molar-refractivity contribution is -0.145. The van der Waals surface area contributed by atoms with Crippen molar-refractivity contribution in [3.63, 3.8) is 0 Å². The van der Waals surface area contributed by atoms with Gasteiger partial charge in [0.05, 0.1) is 21.3 Å². The van der Waals surface area contributed by atoms with Crippen molar-refractivity contribution in [2.45, 2.75) is 50.7 Å². The average Bonchev–Trinajstić information content (AvgIpc) is 3.22. The van der Waals surface area contributed by atoms with Gasteiger partial charge in [0.2, 0.25) is 11.7 Å². The third kappa shape index (κ3) is 10.1. The van der Waals surface area contributed by atoms with Crippen LogP contribution in [-0.2, 0) is 35.4 Å². The molecule has 0 fully saturated rings. The number of pyridine rings is 2. The molecular formula is C43H46N4O6. The van der Waals surface area contributed by atoms with Crippen LogP contribution in [-0.4, -0.2) is 77.8 Å². The summed E-state index contributed by atoms with van der Waals surface area (Å²) >= 11 is 0. The highest BCUT2D eigenvalue weighted by atomic mass is 16.5. The Hall–Kier alpha value is -6.03. The topological polar surface area (TPSA) is 111 Å². The molecule has 0 saturated carbocycles. The van der Waals surface area contributed by atoms with Crippen LogP contribution >= 0.6 is 0 Å². The van der Waals surface area contributed by atoms with Crippen LogP contribution in [0.4, 0.5) is 0 Å². The molecular weight excluding hydrogens is 668 g/mol. The Labute approximate surface area is 311 Å². The molecule has 5 rings (SSSR count). The molecule has 0 bridgehead atoms. The Balaban J connectivity index is 1.54. The van der Waals surface area contributed by atoms with Crippen molar-refractivity contribution in [1.82, 2.24) is 19.8 Å². The number of ketones is 1. The fourth-order valence-electron chi connectivity index (χ4n) is 6.44. The summed E-state index contributed by atoms with van der Waals surface area (Å²) in [5.74, 6) is -1.12. The van der Waals surface area contributed by atoms with E-state index in [2.05, 4.69) is 9.97 Å². The maximum absolute atomic E-state index is 15.2. The van der Waals surface area contributed by atoms with Gasteiger partial charge in [0, 0.05) is 56.4 Å². The lowest BCUT2D eigenvalue weighted by Crippen LogP contribution is -2.54. The van der Waals surface area contributed by atoms with Crippen LogP contribution in [0.15, 0.2) is 122 Å². The van der Waals surface area contributed by atoms with Gasteiger partial charge in [0.1, 0.15) is 6.04 Å². The summed E-state index contributed by atoms with van der Waals surface area (Å²) in [5.41, 5.74) is 4.10. The first-order valence-corrected chi connectivity index (χ1v) is 17.6. The van der Waals surface area contributed by atoms with Crippen molar-refractivity contribution in [3.8, 4) is 17.2 Å². The number of Topliss-reactive ketones (excluding diaryl/α,β-unsaturated/α-hetero) is 1. The fourth-order valence-corrected chi connectivity index (χ4v) is 6.44. The van der Waals surface area contributed by atoms with Gasteiger partial charge < -0.3 is 24.0 Å². The van der Waals surface area contributed by atoms with Gasteiger partial charge in [-0.15, -0.1) is 0 Å². The first-order chi connectivity index (χ1) is 25.8. The van der Waals surface area contributed by atoms with Gasteiger partial charge in [-0.3, -0.25) is 24.4 Å². The van der Waals surface area contributed by atoms with E-state index < -0.39 is 17.7 Å². The van der Waals surface area contributed by atoms with E-state index in [1.54, 1.807) is 24.8 Å². The van der Waals surface area contributed by atoms with Crippen LogP contribution in [0, 0.1) is 0 Å². The molecule has 0 saturated heterocycles. The highest BCUT2D eigenvalue weighted by Crippen LogP contribution is 2.38. The fraction of sp³-hybridized carbons (Fsp3) is 0.279. The van der Waals surface area contributed by atoms with Crippen LogP contribution in [0.25, 0.3) is 0 Å². The van der Waals surface area contributed by atoms with E-state index in [4.69, 9.17) is 14.2 Å². The number of carbonyl (C=O) groups excluding carboxylic acids is 3. The average molecular weight is 715 g/mol. The lowest BCUT2D eigenvalue weighted by atomic mass is 9.95. The van der Waals surface area contributed by atoms with Crippen molar-refractivity contribution in [2.24, 2.45) is 0 Å². The van der Waals surface area contributed by atoms with Gasteiger partial charge in [-0.1, -0.05) is 60.7 Å². The zero-order valence-corrected chi connectivity index (χ0v) is 30.7. The quantitative estimate of drug-likeness (QED) is 0.0756. The molecule has 0 unspecified atom stereocenters. The monoisotopic (exact) mass is 714 g/mol. The molecule has 0 spiro atoms. The Morgan fingerprint density at radius 2 is 1.13 bits per heavy atom. The van der Waals surface area contributed by atoms with Crippen molar-refractivity contribution in [2.75, 3.05) is 28.4 Å². The van der Waals surface area contributed by atoms with E-state index in [9.17, 15) is 9.59 Å². The van der Waals surface area contributed by atoms with Gasteiger partial charge in [0.15, 0.2) is 11.5 Å². The van der Waals surface area contributed by atoms with E-state index >= 15 is 4.79 Å². The van der Waals surface area contributed by atoms with Crippen LogP contribution in [0.3, 0.4) is 0 Å². The number of hydrogen-bond acceptors (Lipinski definition) is 8. The number of benzene rings is 3. The number of ether oxygens (including phenoxy) is 3. The minimum absolute atomic E-state index is 0.0518. The molecule has 2 amide bonds. The molecule has 0 N–H and O–H groups in total. The molecule has 10 nitrogen and oxygen atoms in total. The van der Waals surface area contributed by atoms with E-state index in [1.165, 1.54) is 45.4 Å². The highest BCUT2D eigenvalue weighted by molar-refractivity contribution is 6.43. The normalized spacial score (nSPS) is 11.4. The maximum Gasteiger partial charge on any atom is 0.295 e. The van der Waals surface area contributed by atoms with E-state index in [0.717, 1.165) is 35.1 Å². The van der Waals surface area contributed by atoms with Gasteiger partial charge in [-0.25, -0.2) is 0 Å². The number of hydrogen-bond donors (Lipinski definition) is 0. The van der Waals surface area contributed by atoms with Crippen LogP contribution in [0.2, 0.25) is 0 Å². The van der Waals surface area contributed by atoms with Crippen LogP contribution in [0.1, 0.15) is 45.5 Å². The minimum atomic E-state index is -0.996. The summed E-state index contributed by atoms with van der Waals surface area (Å²) in [6.45, 7) is 0.325. The SMILES string of the molecule is COc1cc(C(=O)C(=O)N(C)[C@@H](Cc2ccccc2)C(=O)N(Cc2ccccc2)C(CCc2ccncc2)CCc2ccncc2)cc(OC)c1OC. The highest BCUT2D eigenvalue weighted by Gasteiger charge is 2.37. The Morgan fingerprint density at radius 1 is 0.642 bits per heavy atom. The maximum atomic E-state index is 15.2.